The molecule has 2 aliphatic heterocycles. The van der Waals surface area contributed by atoms with Crippen LogP contribution >= 0.6 is 0 Å². The molecule has 0 radical (unpaired) electrons. The Bertz CT molecular complexity index is 453. The molecule has 1 aromatic carbocycles. The van der Waals surface area contributed by atoms with Crippen LogP contribution in [0.25, 0.3) is 0 Å². The van der Waals surface area contributed by atoms with Gasteiger partial charge in [0, 0.05) is 6.54 Å². The van der Waals surface area contributed by atoms with Crippen LogP contribution in [0.3, 0.4) is 0 Å². The van der Waals surface area contributed by atoms with E-state index in [1.165, 1.54) is 12.1 Å². The van der Waals surface area contributed by atoms with Gasteiger partial charge in [-0.15, -0.1) is 0 Å². The number of hydrogen-bond acceptors (Lipinski definition) is 8. The third-order valence-electron chi connectivity index (χ3n) is 3.25. The zero-order valence-corrected chi connectivity index (χ0v) is 11.9. The Morgan fingerprint density at radius 3 is 2.32 bits per heavy atom. The number of aliphatic hydroxyl groups excluding tert-OH is 3. The molecular formula is C14H21NO7. The summed E-state index contributed by atoms with van der Waals surface area (Å²) in [6, 6.07) is 6.19. The number of benzene rings is 1. The fourth-order valence-corrected chi connectivity index (χ4v) is 2.08. The number of nitrogens with two attached hydrogens (primary N) is 1. The average molecular weight is 315 g/mol. The fraction of sp³-hybridized carbons (Fsp3) is 0.571. The Morgan fingerprint density at radius 1 is 1.14 bits per heavy atom. The van der Waals surface area contributed by atoms with Gasteiger partial charge in [0.1, 0.15) is 23.7 Å². The minimum absolute atomic E-state index is 0.0972. The summed E-state index contributed by atoms with van der Waals surface area (Å²) < 4.78 is 16.1. The molecule has 2 heterocycles. The zero-order valence-electron chi connectivity index (χ0n) is 11.9. The Kier molecular flexibility index (Phi) is 5.95. The predicted octanol–water partition coefficient (Wildman–Crippen LogP) is -1.45. The molecule has 2 aliphatic rings. The molecule has 5 unspecified atom stereocenters. The van der Waals surface area contributed by atoms with Gasteiger partial charge in [-0.2, -0.15) is 0 Å². The molecule has 8 nitrogen and oxygen atoms in total. The number of hydrogen-bond donors (Lipinski definition) is 5. The predicted molar refractivity (Wildman–Crippen MR) is 75.3 cm³/mol. The molecule has 22 heavy (non-hydrogen) atoms. The van der Waals surface area contributed by atoms with Crippen molar-refractivity contribution in [2.75, 3.05) is 19.8 Å². The van der Waals surface area contributed by atoms with Gasteiger partial charge in [0.2, 0.25) is 0 Å². The van der Waals surface area contributed by atoms with Gasteiger partial charge in [0.05, 0.1) is 13.2 Å². The summed E-state index contributed by atoms with van der Waals surface area (Å²) >= 11 is 0. The normalized spacial score (nSPS) is 32.5. The second-order valence-corrected chi connectivity index (χ2v) is 4.91. The van der Waals surface area contributed by atoms with Crippen molar-refractivity contribution in [3.63, 3.8) is 0 Å². The second-order valence-electron chi connectivity index (χ2n) is 4.91. The molecule has 2 saturated heterocycles. The maximum atomic E-state index is 10.0. The van der Waals surface area contributed by atoms with Crippen molar-refractivity contribution in [3.8, 4) is 11.5 Å². The summed E-state index contributed by atoms with van der Waals surface area (Å²) in [7, 11) is 0. The topological polar surface area (TPSA) is 138 Å². The summed E-state index contributed by atoms with van der Waals surface area (Å²) in [5, 5.41) is 36.0. The number of aliphatic hydroxyl groups is 3. The number of aromatic hydroxyl groups is 1. The van der Waals surface area contributed by atoms with E-state index in [2.05, 4.69) is 0 Å². The van der Waals surface area contributed by atoms with Crippen molar-refractivity contribution in [3.05, 3.63) is 24.3 Å². The van der Waals surface area contributed by atoms with Crippen LogP contribution in [-0.4, -0.2) is 70.9 Å². The van der Waals surface area contributed by atoms with Crippen LogP contribution in [0.5, 0.6) is 11.5 Å². The first-order chi connectivity index (χ1) is 10.6. The zero-order chi connectivity index (χ0) is 16.1. The Balaban J connectivity index is 0.000000396. The van der Waals surface area contributed by atoms with Crippen LogP contribution in [0.2, 0.25) is 0 Å². The van der Waals surface area contributed by atoms with E-state index in [-0.39, 0.29) is 25.1 Å². The number of ether oxygens (including phenoxy) is 3. The van der Waals surface area contributed by atoms with E-state index in [4.69, 9.17) is 30.2 Å². The smallest absolute Gasteiger partial charge is 0.188 e. The van der Waals surface area contributed by atoms with E-state index in [9.17, 15) is 10.2 Å². The van der Waals surface area contributed by atoms with Gasteiger partial charge in [-0.3, -0.25) is 0 Å². The lowest BCUT2D eigenvalue weighted by atomic mass is 10.0. The lowest BCUT2D eigenvalue weighted by Gasteiger charge is -2.31. The van der Waals surface area contributed by atoms with E-state index in [1.807, 2.05) is 0 Å². The van der Waals surface area contributed by atoms with Crippen LogP contribution in [-0.2, 0) is 9.47 Å². The first kappa shape index (κ1) is 16.9. The minimum Gasteiger partial charge on any atom is -0.508 e. The van der Waals surface area contributed by atoms with E-state index >= 15 is 0 Å². The summed E-state index contributed by atoms with van der Waals surface area (Å²) in [6.07, 6.45) is -2.95. The van der Waals surface area contributed by atoms with Crippen molar-refractivity contribution in [2.24, 2.45) is 5.73 Å². The van der Waals surface area contributed by atoms with Crippen LogP contribution < -0.4 is 10.5 Å². The van der Waals surface area contributed by atoms with Gasteiger partial charge in [-0.1, -0.05) is 0 Å². The Morgan fingerprint density at radius 2 is 1.77 bits per heavy atom. The number of epoxide rings is 1. The SMILES string of the molecule is NCCO.OCC1OC2OC2C(Oc2ccc(O)cc2)C1O. The molecule has 1 aromatic rings. The van der Waals surface area contributed by atoms with Crippen molar-refractivity contribution >= 4 is 0 Å². The lowest BCUT2D eigenvalue weighted by molar-refractivity contribution is -0.138. The van der Waals surface area contributed by atoms with Crippen LogP contribution in [0, 0.1) is 0 Å². The van der Waals surface area contributed by atoms with Crippen LogP contribution in [0.4, 0.5) is 0 Å². The quantitative estimate of drug-likeness (QED) is 0.426. The first-order valence-corrected chi connectivity index (χ1v) is 6.97. The van der Waals surface area contributed by atoms with E-state index in [1.54, 1.807) is 12.1 Å². The molecule has 6 N–H and O–H groups in total. The highest BCUT2D eigenvalue weighted by Crippen LogP contribution is 2.37. The standard InChI is InChI=1S/C12H14O6.C2H7NO/c13-5-8-9(15)10(11-12(17-8)18-11)16-7-3-1-6(14)2-4-7;3-1-2-4/h1-4,8-15H,5H2;4H,1-3H2. The minimum atomic E-state index is -0.951. The summed E-state index contributed by atoms with van der Waals surface area (Å²) in [4.78, 5) is 0. The Hall–Kier alpha value is -1.42. The number of phenols is 1. The molecule has 0 bridgehead atoms. The number of phenolic OH excluding ortho intramolecular Hbond substituents is 1. The van der Waals surface area contributed by atoms with E-state index in [0.29, 0.717) is 12.3 Å². The molecule has 0 amide bonds. The monoisotopic (exact) mass is 315 g/mol. The van der Waals surface area contributed by atoms with Gasteiger partial charge in [0.25, 0.3) is 0 Å². The maximum Gasteiger partial charge on any atom is 0.188 e. The van der Waals surface area contributed by atoms with Crippen LogP contribution in [0.1, 0.15) is 0 Å². The van der Waals surface area contributed by atoms with Gasteiger partial charge in [0.15, 0.2) is 18.5 Å². The molecule has 124 valence electrons. The average Bonchev–Trinajstić information content (AvgIpc) is 3.31. The highest BCUT2D eigenvalue weighted by molar-refractivity contribution is 5.30. The molecule has 2 fully saturated rings. The maximum absolute atomic E-state index is 10.0. The molecule has 0 saturated carbocycles. The molecule has 3 rings (SSSR count). The van der Waals surface area contributed by atoms with Gasteiger partial charge < -0.3 is 40.4 Å². The fourth-order valence-electron chi connectivity index (χ4n) is 2.08. The van der Waals surface area contributed by atoms with Crippen molar-refractivity contribution in [2.45, 2.75) is 30.7 Å². The molecule has 0 aliphatic carbocycles. The van der Waals surface area contributed by atoms with Crippen molar-refractivity contribution < 1.29 is 34.6 Å². The third-order valence-corrected chi connectivity index (χ3v) is 3.25. The highest BCUT2D eigenvalue weighted by Gasteiger charge is 2.57. The van der Waals surface area contributed by atoms with E-state index < -0.39 is 24.6 Å². The lowest BCUT2D eigenvalue weighted by Crippen LogP contribution is -2.51. The van der Waals surface area contributed by atoms with Crippen molar-refractivity contribution in [1.29, 1.82) is 0 Å². The van der Waals surface area contributed by atoms with Gasteiger partial charge >= 0.3 is 0 Å². The number of fused-ring (bicyclic) bond motifs is 1. The Labute approximate surface area is 127 Å². The van der Waals surface area contributed by atoms with E-state index in [0.717, 1.165) is 0 Å². The summed E-state index contributed by atoms with van der Waals surface area (Å²) in [5.74, 6) is 0.661. The molecule has 5 atom stereocenters. The van der Waals surface area contributed by atoms with Crippen LogP contribution in [0.15, 0.2) is 24.3 Å². The largest absolute Gasteiger partial charge is 0.508 e. The number of rotatable bonds is 4. The summed E-state index contributed by atoms with van der Waals surface area (Å²) in [6.45, 7) is 0.184. The third kappa shape index (κ3) is 4.07. The van der Waals surface area contributed by atoms with Crippen molar-refractivity contribution in [1.82, 2.24) is 0 Å². The van der Waals surface area contributed by atoms with Gasteiger partial charge in [-0.25, -0.2) is 0 Å². The molecule has 0 spiro atoms. The molecule has 8 heteroatoms. The molecular weight excluding hydrogens is 294 g/mol. The molecule has 0 aromatic heterocycles. The van der Waals surface area contributed by atoms with Gasteiger partial charge in [-0.05, 0) is 24.3 Å². The first-order valence-electron chi connectivity index (χ1n) is 6.97. The highest BCUT2D eigenvalue weighted by atomic mass is 16.8. The second kappa shape index (κ2) is 7.73. The summed E-state index contributed by atoms with van der Waals surface area (Å²) in [5.41, 5.74) is 4.78.